The van der Waals surface area contributed by atoms with E-state index >= 15 is 0 Å². The molecule has 0 saturated carbocycles. The van der Waals surface area contributed by atoms with Crippen LogP contribution in [0.3, 0.4) is 0 Å². The minimum Gasteiger partial charge on any atom is -0.543 e. The van der Waals surface area contributed by atoms with Crippen molar-refractivity contribution in [2.24, 2.45) is 10.9 Å². The van der Waals surface area contributed by atoms with Gasteiger partial charge < -0.3 is 30.5 Å². The van der Waals surface area contributed by atoms with E-state index in [2.05, 4.69) is 15.2 Å². The van der Waals surface area contributed by atoms with Crippen molar-refractivity contribution in [1.82, 2.24) is 10.2 Å². The zero-order valence-electron chi connectivity index (χ0n) is 18.4. The fraction of sp³-hybridized carbons (Fsp3) is 0.421. The number of oxime groups is 1. The summed E-state index contributed by atoms with van der Waals surface area (Å²) in [6, 6.07) is 2.47. The molecule has 1 fully saturated rings. The van der Waals surface area contributed by atoms with E-state index < -0.39 is 40.9 Å². The summed E-state index contributed by atoms with van der Waals surface area (Å²) in [4.78, 5) is 55.1. The van der Waals surface area contributed by atoms with Crippen molar-refractivity contribution in [3.8, 4) is 0 Å². The van der Waals surface area contributed by atoms with Gasteiger partial charge in [-0.1, -0.05) is 11.2 Å². The van der Waals surface area contributed by atoms with Gasteiger partial charge in [0.05, 0.1) is 16.5 Å². The van der Waals surface area contributed by atoms with Gasteiger partial charge in [0.1, 0.15) is 23.6 Å². The van der Waals surface area contributed by atoms with Gasteiger partial charge in [-0.05, 0) is 32.2 Å². The number of carboxylic acid groups (broad SMARTS) is 1. The maximum Gasteiger partial charge on any atom is 1.00 e. The number of amides is 3. The fourth-order valence-electron chi connectivity index (χ4n) is 2.94. The Morgan fingerprint density at radius 3 is 2.61 bits per heavy atom. The summed E-state index contributed by atoms with van der Waals surface area (Å²) >= 11 is 2.50. The van der Waals surface area contributed by atoms with Crippen LogP contribution in [0.25, 0.3) is 0 Å². The molecule has 14 heteroatoms. The molecule has 0 aliphatic carbocycles. The molecule has 1 saturated heterocycles. The fourth-order valence-corrected chi connectivity index (χ4v) is 4.97. The number of primary amides is 1. The quantitative estimate of drug-likeness (QED) is 0.169. The van der Waals surface area contributed by atoms with Gasteiger partial charge in [-0.2, -0.15) is 0 Å². The molecule has 172 valence electrons. The van der Waals surface area contributed by atoms with Gasteiger partial charge in [-0.25, -0.2) is 4.79 Å². The molecule has 2 aliphatic heterocycles. The number of β-lactam (4-membered cyclic amide) rings is 1. The standard InChI is InChI=1S/C19H22N4O7S2.Na/c1-19(2,3)30-22-11(10-5-4-6-31-10)14(24)21-12-15(25)23-13(17(26)27)9(7-29-18(20)28)8-32-16(12)23;/h4-6,12,16H,7-8H2,1-3H3,(H2,20,28)(H,21,24)(H,26,27);/q;+1/p-1/t12-,16-;/m1./s1. The van der Waals surface area contributed by atoms with Crippen molar-refractivity contribution in [1.29, 1.82) is 0 Å². The number of hydrogen-bond acceptors (Lipinski definition) is 10. The van der Waals surface area contributed by atoms with Crippen molar-refractivity contribution >= 4 is 52.7 Å². The summed E-state index contributed by atoms with van der Waals surface area (Å²) < 4.78 is 4.66. The van der Waals surface area contributed by atoms with Crippen molar-refractivity contribution < 1.29 is 63.4 Å². The van der Waals surface area contributed by atoms with Crippen LogP contribution in [0.4, 0.5) is 4.79 Å². The Hall–Kier alpha value is -2.06. The smallest absolute Gasteiger partial charge is 0.543 e. The van der Waals surface area contributed by atoms with Gasteiger partial charge in [0.2, 0.25) is 0 Å². The van der Waals surface area contributed by atoms with Crippen LogP contribution in [-0.4, -0.2) is 63.9 Å². The van der Waals surface area contributed by atoms with Crippen molar-refractivity contribution in [3.63, 3.8) is 0 Å². The zero-order chi connectivity index (χ0) is 23.6. The van der Waals surface area contributed by atoms with E-state index in [-0.39, 0.29) is 58.9 Å². The van der Waals surface area contributed by atoms with Crippen molar-refractivity contribution in [2.75, 3.05) is 12.4 Å². The summed E-state index contributed by atoms with van der Waals surface area (Å²) in [5.41, 5.74) is 4.10. The Labute approximate surface area is 220 Å². The second-order valence-corrected chi connectivity index (χ2v) is 9.88. The summed E-state index contributed by atoms with van der Waals surface area (Å²) in [5.74, 6) is -2.70. The van der Waals surface area contributed by atoms with Crippen LogP contribution in [-0.2, 0) is 24.0 Å². The molecule has 3 heterocycles. The van der Waals surface area contributed by atoms with E-state index in [1.807, 2.05) is 0 Å². The monoisotopic (exact) mass is 504 g/mol. The maximum absolute atomic E-state index is 12.9. The third-order valence-corrected chi connectivity index (χ3v) is 6.51. The van der Waals surface area contributed by atoms with Gasteiger partial charge in [0.15, 0.2) is 5.71 Å². The second-order valence-electron chi connectivity index (χ2n) is 7.83. The van der Waals surface area contributed by atoms with E-state index in [0.717, 1.165) is 4.90 Å². The molecule has 1 aromatic rings. The van der Waals surface area contributed by atoms with E-state index in [4.69, 9.17) is 10.6 Å². The molecule has 0 unspecified atom stereocenters. The van der Waals surface area contributed by atoms with Crippen LogP contribution in [0.1, 0.15) is 25.6 Å². The van der Waals surface area contributed by atoms with Gasteiger partial charge in [0.25, 0.3) is 11.8 Å². The first-order valence-corrected chi connectivity index (χ1v) is 11.3. The molecule has 0 spiro atoms. The molecule has 0 aromatic carbocycles. The molecule has 11 nitrogen and oxygen atoms in total. The summed E-state index contributed by atoms with van der Waals surface area (Å²) in [5, 5.41) is 19.4. The molecule has 2 atom stereocenters. The number of nitrogens with zero attached hydrogens (tertiary/aromatic N) is 2. The predicted molar refractivity (Wildman–Crippen MR) is 114 cm³/mol. The summed E-state index contributed by atoms with van der Waals surface area (Å²) in [7, 11) is 0. The molecule has 0 radical (unpaired) electrons. The average molecular weight is 505 g/mol. The number of aliphatic carboxylic acids is 1. The number of carbonyl (C=O) groups excluding carboxylic acids is 4. The Bertz CT molecular complexity index is 1000. The number of thioether (sulfide) groups is 1. The molecule has 33 heavy (non-hydrogen) atoms. The molecule has 3 rings (SSSR count). The molecule has 3 N–H and O–H groups in total. The van der Waals surface area contributed by atoms with E-state index in [1.54, 1.807) is 38.3 Å². The van der Waals surface area contributed by atoms with Crippen LogP contribution >= 0.6 is 23.1 Å². The Morgan fingerprint density at radius 2 is 2.06 bits per heavy atom. The number of thiophene rings is 1. The topological polar surface area (TPSA) is 163 Å². The first-order valence-electron chi connectivity index (χ1n) is 9.41. The first kappa shape index (κ1) is 27.2. The third kappa shape index (κ3) is 6.29. The number of ether oxygens (including phenoxy) is 1. The molecule has 1 aromatic heterocycles. The molecule has 3 amide bonds. The van der Waals surface area contributed by atoms with Gasteiger partial charge in [-0.3, -0.25) is 14.5 Å². The predicted octanol–water partition coefficient (Wildman–Crippen LogP) is -3.23. The van der Waals surface area contributed by atoms with Gasteiger partial charge in [0, 0.05) is 11.3 Å². The van der Waals surface area contributed by atoms with Crippen LogP contribution < -0.4 is 45.7 Å². The molecule has 0 bridgehead atoms. The van der Waals surface area contributed by atoms with Crippen LogP contribution in [0.15, 0.2) is 33.9 Å². The maximum atomic E-state index is 12.9. The van der Waals surface area contributed by atoms with Crippen molar-refractivity contribution in [3.05, 3.63) is 33.7 Å². The summed E-state index contributed by atoms with van der Waals surface area (Å²) in [6.45, 7) is 4.96. The first-order chi connectivity index (χ1) is 15.0. The third-order valence-electron chi connectivity index (χ3n) is 4.30. The van der Waals surface area contributed by atoms with E-state index in [9.17, 15) is 24.3 Å². The number of rotatable bonds is 7. The Morgan fingerprint density at radius 1 is 1.36 bits per heavy atom. The average Bonchev–Trinajstić information content (AvgIpc) is 3.23. The zero-order valence-corrected chi connectivity index (χ0v) is 22.1. The van der Waals surface area contributed by atoms with E-state index in [0.29, 0.717) is 4.88 Å². The number of carbonyl (C=O) groups is 4. The second kappa shape index (κ2) is 10.9. The molecule has 2 aliphatic rings. The van der Waals surface area contributed by atoms with Crippen LogP contribution in [0.2, 0.25) is 0 Å². The number of nitrogens with two attached hydrogens (primary N) is 1. The number of carboxylic acids is 1. The largest absolute Gasteiger partial charge is 1.00 e. The Balaban J connectivity index is 0.00000385. The minimum atomic E-state index is -1.59. The van der Waals surface area contributed by atoms with Gasteiger partial charge in [-0.15, -0.1) is 23.1 Å². The Kier molecular flexibility index (Phi) is 8.99. The van der Waals surface area contributed by atoms with E-state index in [1.165, 1.54) is 23.1 Å². The number of nitrogens with one attached hydrogen (secondary N) is 1. The minimum absolute atomic E-state index is 0. The number of fused-ring (bicyclic) bond motifs is 1. The van der Waals surface area contributed by atoms with Crippen LogP contribution in [0.5, 0.6) is 0 Å². The SMILES string of the molecule is CC(C)(C)ON=C(C(=O)N[C@@H]1C(=O)N2C(C(=O)[O-])=C(COC(N)=O)CS[C@H]12)c1cccs1.[Na+]. The summed E-state index contributed by atoms with van der Waals surface area (Å²) in [6.07, 6.45) is -1.07. The van der Waals surface area contributed by atoms with Crippen molar-refractivity contribution in [2.45, 2.75) is 37.8 Å². The van der Waals surface area contributed by atoms with Gasteiger partial charge >= 0.3 is 35.7 Å². The number of hydrogen-bond donors (Lipinski definition) is 2. The normalized spacial score (nSPS) is 20.3. The molecular weight excluding hydrogens is 483 g/mol. The molecular formula is C19H21N4NaO7S2. The van der Waals surface area contributed by atoms with Crippen LogP contribution in [0, 0.1) is 0 Å².